The Morgan fingerprint density at radius 3 is 2.17 bits per heavy atom. The predicted molar refractivity (Wildman–Crippen MR) is 93.2 cm³/mol. The van der Waals surface area contributed by atoms with Crippen molar-refractivity contribution in [2.24, 2.45) is 0 Å². The van der Waals surface area contributed by atoms with E-state index in [1.807, 2.05) is 32.9 Å². The van der Waals surface area contributed by atoms with Crippen LogP contribution >= 0.6 is 11.6 Å². The summed E-state index contributed by atoms with van der Waals surface area (Å²) in [6, 6.07) is 12.0. The molecule has 0 heterocycles. The van der Waals surface area contributed by atoms with Crippen LogP contribution in [0.2, 0.25) is 5.02 Å². The van der Waals surface area contributed by atoms with E-state index in [1.54, 1.807) is 30.3 Å². The molecule has 0 unspecified atom stereocenters. The van der Waals surface area contributed by atoms with Crippen LogP contribution in [0.3, 0.4) is 0 Å². The summed E-state index contributed by atoms with van der Waals surface area (Å²) in [5.74, 6) is -0.476. The van der Waals surface area contributed by atoms with Gasteiger partial charge < -0.3 is 10.6 Å². The molecule has 2 aromatic carbocycles. The fourth-order valence-corrected chi connectivity index (χ4v) is 2.17. The van der Waals surface area contributed by atoms with Crippen LogP contribution in [0.4, 0.5) is 5.69 Å². The summed E-state index contributed by atoms with van der Waals surface area (Å²) in [6.45, 7) is 5.72. The summed E-state index contributed by atoms with van der Waals surface area (Å²) < 4.78 is 0. The zero-order valence-electron chi connectivity index (χ0n) is 13.3. The fourth-order valence-electron chi connectivity index (χ4n) is 2.01. The maximum atomic E-state index is 12.3. The molecule has 0 atom stereocenters. The third kappa shape index (κ3) is 4.57. The largest absolute Gasteiger partial charge is 0.350 e. The van der Waals surface area contributed by atoms with Crippen molar-refractivity contribution in [2.45, 2.75) is 26.8 Å². The Morgan fingerprint density at radius 1 is 0.957 bits per heavy atom. The van der Waals surface area contributed by atoms with Gasteiger partial charge >= 0.3 is 0 Å². The van der Waals surface area contributed by atoms with Crippen LogP contribution in [0, 0.1) is 6.92 Å². The van der Waals surface area contributed by atoms with Gasteiger partial charge in [0, 0.05) is 17.2 Å². The molecular weight excluding hydrogens is 312 g/mol. The van der Waals surface area contributed by atoms with Crippen molar-refractivity contribution in [3.05, 3.63) is 64.2 Å². The summed E-state index contributed by atoms with van der Waals surface area (Å²) in [5.41, 5.74) is 2.46. The monoisotopic (exact) mass is 330 g/mol. The van der Waals surface area contributed by atoms with Crippen molar-refractivity contribution in [2.75, 3.05) is 5.32 Å². The minimum atomic E-state index is -0.270. The number of carbonyl (C=O) groups excluding carboxylic acids is 2. The number of hydrogen-bond acceptors (Lipinski definition) is 2. The van der Waals surface area contributed by atoms with E-state index in [9.17, 15) is 9.59 Å². The summed E-state index contributed by atoms with van der Waals surface area (Å²) >= 11 is 6.12. The molecule has 0 bridgehead atoms. The lowest BCUT2D eigenvalue weighted by atomic mass is 10.1. The average molecular weight is 331 g/mol. The SMILES string of the molecule is Cc1ccc(C(=O)Nc2cc(C(=O)NC(C)C)ccc2Cl)cc1. The molecule has 0 saturated heterocycles. The van der Waals surface area contributed by atoms with E-state index in [2.05, 4.69) is 10.6 Å². The van der Waals surface area contributed by atoms with Crippen molar-refractivity contribution in [1.29, 1.82) is 0 Å². The highest BCUT2D eigenvalue weighted by atomic mass is 35.5. The van der Waals surface area contributed by atoms with Crippen LogP contribution in [0.15, 0.2) is 42.5 Å². The first-order chi connectivity index (χ1) is 10.9. The van der Waals surface area contributed by atoms with Gasteiger partial charge in [-0.2, -0.15) is 0 Å². The Morgan fingerprint density at radius 2 is 1.57 bits per heavy atom. The molecule has 2 amide bonds. The van der Waals surface area contributed by atoms with Crippen molar-refractivity contribution in [3.63, 3.8) is 0 Å². The Bertz CT molecular complexity index is 724. The molecular formula is C18H19ClN2O2. The molecule has 0 radical (unpaired) electrons. The lowest BCUT2D eigenvalue weighted by molar-refractivity contribution is 0.0942. The van der Waals surface area contributed by atoms with Gasteiger partial charge in [0.15, 0.2) is 0 Å². The maximum absolute atomic E-state index is 12.3. The van der Waals surface area contributed by atoms with E-state index in [0.29, 0.717) is 21.8 Å². The van der Waals surface area contributed by atoms with Crippen LogP contribution in [0.1, 0.15) is 40.1 Å². The molecule has 2 aromatic rings. The highest BCUT2D eigenvalue weighted by molar-refractivity contribution is 6.34. The van der Waals surface area contributed by atoms with E-state index < -0.39 is 0 Å². The van der Waals surface area contributed by atoms with Crippen molar-refractivity contribution < 1.29 is 9.59 Å². The number of hydrogen-bond donors (Lipinski definition) is 2. The Hall–Kier alpha value is -2.33. The van der Waals surface area contributed by atoms with Crippen LogP contribution in [-0.2, 0) is 0 Å². The van der Waals surface area contributed by atoms with Crippen molar-refractivity contribution in [1.82, 2.24) is 5.32 Å². The third-order valence-electron chi connectivity index (χ3n) is 3.21. The topological polar surface area (TPSA) is 58.2 Å². The number of carbonyl (C=O) groups is 2. The molecule has 2 N–H and O–H groups in total. The number of rotatable bonds is 4. The highest BCUT2D eigenvalue weighted by Gasteiger charge is 2.12. The lowest BCUT2D eigenvalue weighted by Crippen LogP contribution is -2.30. The zero-order chi connectivity index (χ0) is 17.0. The first kappa shape index (κ1) is 17.0. The number of aryl methyl sites for hydroxylation is 1. The summed E-state index contributed by atoms with van der Waals surface area (Å²) in [4.78, 5) is 24.3. The van der Waals surface area contributed by atoms with Gasteiger partial charge in [-0.3, -0.25) is 9.59 Å². The van der Waals surface area contributed by atoms with Crippen LogP contribution < -0.4 is 10.6 Å². The Balaban J connectivity index is 2.20. The lowest BCUT2D eigenvalue weighted by Gasteiger charge is -2.11. The molecule has 0 spiro atoms. The standard InChI is InChI=1S/C18H19ClN2O2/c1-11(2)20-18(23)14-8-9-15(19)16(10-14)21-17(22)13-6-4-12(3)5-7-13/h4-11H,1-3H3,(H,20,23)(H,21,22). The second-order valence-corrected chi connectivity index (χ2v) is 6.05. The highest BCUT2D eigenvalue weighted by Crippen LogP contribution is 2.24. The summed E-state index contributed by atoms with van der Waals surface area (Å²) in [5, 5.41) is 5.93. The molecule has 0 aliphatic heterocycles. The molecule has 0 aliphatic carbocycles. The summed E-state index contributed by atoms with van der Waals surface area (Å²) in [7, 11) is 0. The van der Waals surface area contributed by atoms with Gasteiger partial charge in [0.25, 0.3) is 11.8 Å². The predicted octanol–water partition coefficient (Wildman–Crippen LogP) is 4.04. The first-order valence-corrected chi connectivity index (χ1v) is 7.73. The average Bonchev–Trinajstić information content (AvgIpc) is 2.49. The molecule has 120 valence electrons. The normalized spacial score (nSPS) is 10.5. The second kappa shape index (κ2) is 7.29. The fraction of sp³-hybridized carbons (Fsp3) is 0.222. The molecule has 2 rings (SSSR count). The summed E-state index contributed by atoms with van der Waals surface area (Å²) in [6.07, 6.45) is 0. The van der Waals surface area contributed by atoms with Gasteiger partial charge in [-0.15, -0.1) is 0 Å². The minimum absolute atomic E-state index is 0.0313. The van der Waals surface area contributed by atoms with Gasteiger partial charge in [-0.25, -0.2) is 0 Å². The molecule has 23 heavy (non-hydrogen) atoms. The van der Waals surface area contributed by atoms with Gasteiger partial charge in [-0.1, -0.05) is 29.3 Å². The van der Waals surface area contributed by atoms with E-state index >= 15 is 0 Å². The van der Waals surface area contributed by atoms with Crippen molar-refractivity contribution in [3.8, 4) is 0 Å². The van der Waals surface area contributed by atoms with Gasteiger partial charge in [-0.05, 0) is 51.1 Å². The number of anilines is 1. The van der Waals surface area contributed by atoms with Gasteiger partial charge in [0.2, 0.25) is 0 Å². The van der Waals surface area contributed by atoms with Gasteiger partial charge in [0.1, 0.15) is 0 Å². The second-order valence-electron chi connectivity index (χ2n) is 5.64. The molecule has 0 aromatic heterocycles. The van der Waals surface area contributed by atoms with Crippen LogP contribution in [0.25, 0.3) is 0 Å². The van der Waals surface area contributed by atoms with E-state index in [4.69, 9.17) is 11.6 Å². The van der Waals surface area contributed by atoms with Crippen molar-refractivity contribution >= 4 is 29.1 Å². The maximum Gasteiger partial charge on any atom is 0.255 e. The molecule has 4 nitrogen and oxygen atoms in total. The molecule has 5 heteroatoms. The third-order valence-corrected chi connectivity index (χ3v) is 3.54. The molecule has 0 fully saturated rings. The van der Waals surface area contributed by atoms with Crippen LogP contribution in [-0.4, -0.2) is 17.9 Å². The number of benzene rings is 2. The van der Waals surface area contributed by atoms with E-state index in [-0.39, 0.29) is 17.9 Å². The molecule has 0 saturated carbocycles. The van der Waals surface area contributed by atoms with Crippen LogP contribution in [0.5, 0.6) is 0 Å². The Kier molecular flexibility index (Phi) is 5.40. The van der Waals surface area contributed by atoms with E-state index in [1.165, 1.54) is 0 Å². The number of amides is 2. The first-order valence-electron chi connectivity index (χ1n) is 7.35. The Labute approximate surface area is 140 Å². The zero-order valence-corrected chi connectivity index (χ0v) is 14.1. The number of nitrogens with one attached hydrogen (secondary N) is 2. The van der Waals surface area contributed by atoms with E-state index in [0.717, 1.165) is 5.56 Å². The minimum Gasteiger partial charge on any atom is -0.350 e. The number of halogens is 1. The molecule has 0 aliphatic rings. The van der Waals surface area contributed by atoms with Gasteiger partial charge in [0.05, 0.1) is 10.7 Å². The smallest absolute Gasteiger partial charge is 0.255 e. The quantitative estimate of drug-likeness (QED) is 0.888.